The fourth-order valence-electron chi connectivity index (χ4n) is 4.13. The predicted octanol–water partition coefficient (Wildman–Crippen LogP) is 4.56. The minimum absolute atomic E-state index is 0.201. The first kappa shape index (κ1) is 25.7. The smallest absolute Gasteiger partial charge is 0.338 e. The fourth-order valence-corrected chi connectivity index (χ4v) is 5.25. The van der Waals surface area contributed by atoms with Crippen LogP contribution in [0.2, 0.25) is 0 Å². The van der Waals surface area contributed by atoms with Crippen molar-refractivity contribution in [2.45, 2.75) is 24.6 Å². The lowest BCUT2D eigenvalue weighted by Crippen LogP contribution is -2.33. The van der Waals surface area contributed by atoms with Crippen LogP contribution in [0.15, 0.2) is 73.2 Å². The van der Waals surface area contributed by atoms with Gasteiger partial charge in [-0.25, -0.2) is 19.2 Å². The average molecular weight is 634 g/mol. The molecule has 0 saturated carbocycles. The molecule has 0 bridgehead atoms. The summed E-state index contributed by atoms with van der Waals surface area (Å²) in [6, 6.07) is 17.2. The molecule has 1 N–H and O–H groups in total. The Labute approximate surface area is 227 Å². The van der Waals surface area contributed by atoms with Crippen LogP contribution < -0.4 is 5.32 Å². The minimum Gasteiger partial charge on any atom is -0.459 e. The molecule has 9 nitrogen and oxygen atoms in total. The van der Waals surface area contributed by atoms with Gasteiger partial charge in [0.2, 0.25) is 0 Å². The summed E-state index contributed by atoms with van der Waals surface area (Å²) in [5.74, 6) is -0.581. The van der Waals surface area contributed by atoms with E-state index in [4.69, 9.17) is 14.0 Å². The number of hydrogen-bond donors (Lipinski definition) is 1. The highest BCUT2D eigenvalue weighted by molar-refractivity contribution is 14.1. The average Bonchev–Trinajstić information content (AvgIpc) is 3.44. The summed E-state index contributed by atoms with van der Waals surface area (Å²) in [5.41, 5.74) is 1.23. The second-order valence-electron chi connectivity index (χ2n) is 8.20. The zero-order valence-corrected chi connectivity index (χ0v) is 22.5. The standard InChI is InChI=1S/C25H21FIN4O5P/c26-19-20(36-37)17(12-34-25(33)15-9-5-2-6-10-15)35-24(19)31-11-16(27)18-21(28-13-29-22(18)31)30-23(32)14-7-3-1-4-8-14/h1-11,13,17,19-20,24H,12,37H2,(H,28,29,30,32)/t17-,19+,20-,24-/m1/s1. The number of esters is 1. The number of amides is 1. The molecule has 3 heterocycles. The number of alkyl halides is 1. The molecular formula is C25H21FIN4O5P. The topological polar surface area (TPSA) is 105 Å². The highest BCUT2D eigenvalue weighted by atomic mass is 127. The van der Waals surface area contributed by atoms with Crippen molar-refractivity contribution in [3.05, 3.63) is 87.9 Å². The van der Waals surface area contributed by atoms with Crippen molar-refractivity contribution < 1.29 is 28.0 Å². The number of carbonyl (C=O) groups excluding carboxylic acids is 2. The summed E-state index contributed by atoms with van der Waals surface area (Å²) < 4.78 is 34.4. The molecule has 1 aliphatic rings. The zero-order chi connectivity index (χ0) is 25.9. The van der Waals surface area contributed by atoms with E-state index in [-0.39, 0.29) is 12.5 Å². The van der Waals surface area contributed by atoms with Crippen LogP contribution in [0.1, 0.15) is 26.9 Å². The van der Waals surface area contributed by atoms with Crippen molar-refractivity contribution >= 4 is 60.8 Å². The van der Waals surface area contributed by atoms with E-state index in [0.717, 1.165) is 0 Å². The van der Waals surface area contributed by atoms with Crippen molar-refractivity contribution in [1.82, 2.24) is 14.5 Å². The summed E-state index contributed by atoms with van der Waals surface area (Å²) in [4.78, 5) is 33.6. The van der Waals surface area contributed by atoms with Crippen LogP contribution in [0.5, 0.6) is 0 Å². The Hall–Kier alpha value is -2.99. The van der Waals surface area contributed by atoms with Gasteiger partial charge in [-0.15, -0.1) is 0 Å². The van der Waals surface area contributed by atoms with Crippen LogP contribution in [0, 0.1) is 3.57 Å². The van der Waals surface area contributed by atoms with Crippen molar-refractivity contribution in [3.8, 4) is 0 Å². The van der Waals surface area contributed by atoms with E-state index >= 15 is 4.39 Å². The van der Waals surface area contributed by atoms with Gasteiger partial charge >= 0.3 is 5.97 Å². The molecular weight excluding hydrogens is 613 g/mol. The first-order valence-corrected chi connectivity index (χ1v) is 12.8. The summed E-state index contributed by atoms with van der Waals surface area (Å²) in [6.07, 6.45) is -1.60. The molecule has 5 rings (SSSR count). The number of ether oxygens (including phenoxy) is 2. The van der Waals surface area contributed by atoms with E-state index in [2.05, 4.69) is 37.9 Å². The summed E-state index contributed by atoms with van der Waals surface area (Å²) in [6.45, 7) is -0.201. The first-order valence-electron chi connectivity index (χ1n) is 11.2. The monoisotopic (exact) mass is 634 g/mol. The van der Waals surface area contributed by atoms with Crippen molar-refractivity contribution in [2.24, 2.45) is 0 Å². The third-order valence-electron chi connectivity index (χ3n) is 5.92. The van der Waals surface area contributed by atoms with Crippen LogP contribution >= 0.6 is 32.1 Å². The van der Waals surface area contributed by atoms with Gasteiger partial charge in [-0.05, 0) is 46.9 Å². The van der Waals surface area contributed by atoms with Gasteiger partial charge in [-0.3, -0.25) is 4.79 Å². The van der Waals surface area contributed by atoms with Crippen LogP contribution in [0.4, 0.5) is 10.2 Å². The van der Waals surface area contributed by atoms with Crippen LogP contribution in [-0.2, 0) is 14.0 Å². The van der Waals surface area contributed by atoms with E-state index in [1.54, 1.807) is 60.8 Å². The number of halogens is 2. The van der Waals surface area contributed by atoms with Gasteiger partial charge in [-0.1, -0.05) is 36.4 Å². The quantitative estimate of drug-likeness (QED) is 0.181. The number of hydrogen-bond acceptors (Lipinski definition) is 7. The van der Waals surface area contributed by atoms with E-state index in [1.807, 2.05) is 15.5 Å². The van der Waals surface area contributed by atoms with Gasteiger partial charge in [-0.2, -0.15) is 0 Å². The van der Waals surface area contributed by atoms with Gasteiger partial charge in [0, 0.05) is 24.8 Å². The lowest BCUT2D eigenvalue weighted by Gasteiger charge is -2.17. The molecule has 12 heteroatoms. The lowest BCUT2D eigenvalue weighted by molar-refractivity contribution is -0.0492. The van der Waals surface area contributed by atoms with Gasteiger partial charge < -0.3 is 23.9 Å². The molecule has 0 aliphatic carbocycles. The molecule has 4 aromatic rings. The fraction of sp³-hybridized carbons (Fsp3) is 0.200. The Balaban J connectivity index is 1.38. The maximum atomic E-state index is 15.6. The first-order chi connectivity index (χ1) is 18.0. The number of rotatable bonds is 7. The molecule has 190 valence electrons. The largest absolute Gasteiger partial charge is 0.459 e. The van der Waals surface area contributed by atoms with Gasteiger partial charge in [0.25, 0.3) is 5.91 Å². The molecule has 1 saturated heterocycles. The lowest BCUT2D eigenvalue weighted by atomic mass is 10.1. The number of nitrogens with zero attached hydrogens (tertiary/aromatic N) is 3. The van der Waals surface area contributed by atoms with Gasteiger partial charge in [0.1, 0.15) is 36.6 Å². The zero-order valence-electron chi connectivity index (χ0n) is 19.2. The predicted molar refractivity (Wildman–Crippen MR) is 145 cm³/mol. The Morgan fingerprint density at radius 1 is 1.08 bits per heavy atom. The summed E-state index contributed by atoms with van der Waals surface area (Å²) >= 11 is 2.08. The molecule has 0 radical (unpaired) electrons. The molecule has 1 fully saturated rings. The normalized spacial score (nSPS) is 21.2. The van der Waals surface area contributed by atoms with Gasteiger partial charge in [0.05, 0.1) is 10.9 Å². The van der Waals surface area contributed by atoms with Gasteiger partial charge in [0.15, 0.2) is 12.4 Å². The molecule has 5 atom stereocenters. The van der Waals surface area contributed by atoms with E-state index < -0.39 is 30.6 Å². The number of benzene rings is 2. The third kappa shape index (κ3) is 5.22. The highest BCUT2D eigenvalue weighted by Crippen LogP contribution is 2.39. The Morgan fingerprint density at radius 3 is 2.43 bits per heavy atom. The third-order valence-corrected chi connectivity index (χ3v) is 7.05. The number of anilines is 1. The molecule has 2 aromatic heterocycles. The molecule has 0 spiro atoms. The van der Waals surface area contributed by atoms with Crippen LogP contribution in [0.3, 0.4) is 0 Å². The van der Waals surface area contributed by atoms with E-state index in [9.17, 15) is 9.59 Å². The van der Waals surface area contributed by atoms with Crippen LogP contribution in [0.25, 0.3) is 11.0 Å². The number of fused-ring (bicyclic) bond motifs is 1. The van der Waals surface area contributed by atoms with Crippen molar-refractivity contribution in [1.29, 1.82) is 0 Å². The number of carbonyl (C=O) groups is 2. The maximum absolute atomic E-state index is 15.6. The molecule has 2 aromatic carbocycles. The Kier molecular flexibility index (Phi) is 7.75. The van der Waals surface area contributed by atoms with E-state index in [0.29, 0.717) is 31.5 Å². The second kappa shape index (κ2) is 11.2. The highest BCUT2D eigenvalue weighted by Gasteiger charge is 2.47. The summed E-state index contributed by atoms with van der Waals surface area (Å²) in [5, 5.41) is 3.35. The molecule has 37 heavy (non-hydrogen) atoms. The van der Waals surface area contributed by atoms with E-state index in [1.165, 1.54) is 10.9 Å². The van der Waals surface area contributed by atoms with Crippen molar-refractivity contribution in [3.63, 3.8) is 0 Å². The Bertz CT molecular complexity index is 1420. The number of aromatic nitrogens is 3. The number of nitrogens with one attached hydrogen (secondary N) is 1. The molecule has 1 amide bonds. The molecule has 1 aliphatic heterocycles. The van der Waals surface area contributed by atoms with Crippen molar-refractivity contribution in [2.75, 3.05) is 11.9 Å². The SMILES string of the molecule is O=C(Nc1ncnc2c1c(I)cn2[C@@H]1O[C@H](COC(=O)c2ccccc2)[C@@H](OP)[C@@H]1F)c1ccccc1. The maximum Gasteiger partial charge on any atom is 0.338 e. The summed E-state index contributed by atoms with van der Waals surface area (Å²) in [7, 11) is 2.05. The second-order valence-corrected chi connectivity index (χ2v) is 9.63. The van der Waals surface area contributed by atoms with Crippen LogP contribution in [-0.4, -0.2) is 51.4 Å². The minimum atomic E-state index is -1.60. The molecule has 1 unspecified atom stereocenters. The Morgan fingerprint density at radius 2 is 1.76 bits per heavy atom.